The van der Waals surface area contributed by atoms with Crippen LogP contribution in [-0.4, -0.2) is 25.8 Å². The molecule has 1 amide bonds. The zero-order valence-corrected chi connectivity index (χ0v) is 10.1. The fourth-order valence-electron chi connectivity index (χ4n) is 1.23. The zero-order valence-electron chi connectivity index (χ0n) is 10.1. The highest BCUT2D eigenvalue weighted by Crippen LogP contribution is 2.10. The Morgan fingerprint density at radius 1 is 1.33 bits per heavy atom. The van der Waals surface area contributed by atoms with Gasteiger partial charge in [-0.3, -0.25) is 10.1 Å². The third-order valence-corrected chi connectivity index (χ3v) is 2.11. The fourth-order valence-corrected chi connectivity index (χ4v) is 1.23. The van der Waals surface area contributed by atoms with Crippen LogP contribution in [0.1, 0.15) is 5.56 Å². The van der Waals surface area contributed by atoms with Crippen molar-refractivity contribution in [2.75, 3.05) is 19.0 Å². The van der Waals surface area contributed by atoms with E-state index >= 15 is 0 Å². The number of ether oxygens (including phenoxy) is 2. The van der Waals surface area contributed by atoms with Crippen LogP contribution in [0.5, 0.6) is 0 Å². The van der Waals surface area contributed by atoms with Crippen LogP contribution < -0.4 is 5.32 Å². The van der Waals surface area contributed by atoms with Crippen molar-refractivity contribution in [3.8, 4) is 0 Å². The van der Waals surface area contributed by atoms with E-state index in [-0.39, 0.29) is 19.0 Å². The highest BCUT2D eigenvalue weighted by Gasteiger charge is 2.04. The molecule has 0 aliphatic heterocycles. The fraction of sp³-hybridized carbons (Fsp3) is 0.231. The Labute approximate surface area is 105 Å². The monoisotopic (exact) mass is 249 g/mol. The van der Waals surface area contributed by atoms with Gasteiger partial charge >= 0.3 is 12.1 Å². The average molecular weight is 249 g/mol. The maximum Gasteiger partial charge on any atom is 0.411 e. The first-order valence-corrected chi connectivity index (χ1v) is 5.36. The van der Waals surface area contributed by atoms with Crippen molar-refractivity contribution in [1.82, 2.24) is 0 Å². The molecule has 1 N–H and O–H groups in total. The Hall–Kier alpha value is -2.30. The van der Waals surface area contributed by atoms with Gasteiger partial charge in [-0.1, -0.05) is 24.8 Å². The number of benzene rings is 1. The maximum absolute atomic E-state index is 11.2. The molecule has 0 radical (unpaired) electrons. The van der Waals surface area contributed by atoms with Gasteiger partial charge < -0.3 is 9.47 Å². The van der Waals surface area contributed by atoms with Crippen LogP contribution in [0.2, 0.25) is 0 Å². The van der Waals surface area contributed by atoms with E-state index in [2.05, 4.69) is 16.6 Å². The highest BCUT2D eigenvalue weighted by atomic mass is 16.5. The Balaban J connectivity index is 2.52. The van der Waals surface area contributed by atoms with Crippen LogP contribution in [-0.2, 0) is 20.7 Å². The van der Waals surface area contributed by atoms with Gasteiger partial charge in [0.25, 0.3) is 0 Å². The number of methoxy groups -OCH3 is 1. The lowest BCUT2D eigenvalue weighted by atomic mass is 10.1. The van der Waals surface area contributed by atoms with Gasteiger partial charge in [0.2, 0.25) is 0 Å². The van der Waals surface area contributed by atoms with Crippen molar-refractivity contribution in [1.29, 1.82) is 0 Å². The predicted molar refractivity (Wildman–Crippen MR) is 67.3 cm³/mol. The van der Waals surface area contributed by atoms with E-state index in [9.17, 15) is 9.59 Å². The smallest absolute Gasteiger partial charge is 0.411 e. The molecule has 5 nitrogen and oxygen atoms in total. The SMILES string of the molecule is C=CCOC(=O)Nc1ccc(CC(=O)OC)cc1. The van der Waals surface area contributed by atoms with Crippen LogP contribution in [0, 0.1) is 0 Å². The first-order valence-electron chi connectivity index (χ1n) is 5.36. The number of rotatable bonds is 5. The minimum Gasteiger partial charge on any atom is -0.469 e. The van der Waals surface area contributed by atoms with Crippen LogP contribution in [0.3, 0.4) is 0 Å². The second-order valence-corrected chi connectivity index (χ2v) is 3.46. The molecule has 0 bridgehead atoms. The molecule has 0 fully saturated rings. The molecule has 0 spiro atoms. The van der Waals surface area contributed by atoms with Gasteiger partial charge in [-0.15, -0.1) is 0 Å². The standard InChI is InChI=1S/C13H15NO4/c1-3-8-18-13(16)14-11-6-4-10(5-7-11)9-12(15)17-2/h3-7H,1,8-9H2,2H3,(H,14,16). The topological polar surface area (TPSA) is 64.6 Å². The third-order valence-electron chi connectivity index (χ3n) is 2.11. The molecule has 0 unspecified atom stereocenters. The van der Waals surface area contributed by atoms with E-state index < -0.39 is 6.09 Å². The van der Waals surface area contributed by atoms with E-state index in [4.69, 9.17) is 4.74 Å². The van der Waals surface area contributed by atoms with Gasteiger partial charge in [0, 0.05) is 5.69 Å². The van der Waals surface area contributed by atoms with E-state index in [0.717, 1.165) is 5.56 Å². The van der Waals surface area contributed by atoms with Crippen LogP contribution in [0.15, 0.2) is 36.9 Å². The lowest BCUT2D eigenvalue weighted by molar-refractivity contribution is -0.139. The normalized spacial score (nSPS) is 9.39. The summed E-state index contributed by atoms with van der Waals surface area (Å²) in [6, 6.07) is 6.85. The summed E-state index contributed by atoms with van der Waals surface area (Å²) >= 11 is 0. The van der Waals surface area contributed by atoms with Crippen molar-refractivity contribution in [3.63, 3.8) is 0 Å². The summed E-state index contributed by atoms with van der Waals surface area (Å²) in [5.41, 5.74) is 1.41. The van der Waals surface area contributed by atoms with E-state index in [1.807, 2.05) is 0 Å². The Bertz CT molecular complexity index is 425. The van der Waals surface area contributed by atoms with E-state index in [1.165, 1.54) is 13.2 Å². The van der Waals surface area contributed by atoms with E-state index in [0.29, 0.717) is 5.69 Å². The molecule has 0 atom stereocenters. The number of carbonyl (C=O) groups excluding carboxylic acids is 2. The summed E-state index contributed by atoms with van der Waals surface area (Å²) < 4.78 is 9.32. The Morgan fingerprint density at radius 2 is 2.00 bits per heavy atom. The van der Waals surface area contributed by atoms with Gasteiger partial charge in [0.05, 0.1) is 13.5 Å². The molecule has 18 heavy (non-hydrogen) atoms. The first kappa shape index (κ1) is 13.8. The number of hydrogen-bond donors (Lipinski definition) is 1. The molecule has 0 saturated heterocycles. The van der Waals surface area contributed by atoms with Gasteiger partial charge in [-0.2, -0.15) is 0 Å². The molecule has 0 aliphatic rings. The number of nitrogens with one attached hydrogen (secondary N) is 1. The molecule has 96 valence electrons. The molecule has 0 aromatic heterocycles. The number of amides is 1. The molecule has 0 aliphatic carbocycles. The molecule has 0 saturated carbocycles. The minimum absolute atomic E-state index is 0.159. The maximum atomic E-state index is 11.2. The number of anilines is 1. The van der Waals surface area contributed by atoms with Crippen LogP contribution >= 0.6 is 0 Å². The van der Waals surface area contributed by atoms with Crippen molar-refractivity contribution in [3.05, 3.63) is 42.5 Å². The van der Waals surface area contributed by atoms with Gasteiger partial charge in [-0.05, 0) is 17.7 Å². The largest absolute Gasteiger partial charge is 0.469 e. The lowest BCUT2D eigenvalue weighted by Crippen LogP contribution is -2.13. The van der Waals surface area contributed by atoms with Gasteiger partial charge in [-0.25, -0.2) is 4.79 Å². The van der Waals surface area contributed by atoms with Gasteiger partial charge in [0.15, 0.2) is 0 Å². The molecule has 1 aromatic rings. The molecular formula is C13H15NO4. The number of esters is 1. The second-order valence-electron chi connectivity index (χ2n) is 3.46. The summed E-state index contributed by atoms with van der Waals surface area (Å²) in [6.45, 7) is 3.60. The number of hydrogen-bond acceptors (Lipinski definition) is 4. The predicted octanol–water partition coefficient (Wildman–Crippen LogP) is 2.14. The molecular weight excluding hydrogens is 234 g/mol. The summed E-state index contributed by atoms with van der Waals surface area (Å²) in [6.07, 6.45) is 1.15. The van der Waals surface area contributed by atoms with Crippen molar-refractivity contribution in [2.24, 2.45) is 0 Å². The van der Waals surface area contributed by atoms with E-state index in [1.54, 1.807) is 24.3 Å². The van der Waals surface area contributed by atoms with Crippen molar-refractivity contribution in [2.45, 2.75) is 6.42 Å². The summed E-state index contributed by atoms with van der Waals surface area (Å²) in [5, 5.41) is 2.55. The van der Waals surface area contributed by atoms with Crippen LogP contribution in [0.4, 0.5) is 10.5 Å². The Morgan fingerprint density at radius 3 is 2.56 bits per heavy atom. The first-order chi connectivity index (χ1) is 8.65. The van der Waals surface area contributed by atoms with Crippen LogP contribution in [0.25, 0.3) is 0 Å². The Kier molecular flexibility index (Phi) is 5.44. The zero-order chi connectivity index (χ0) is 13.4. The van der Waals surface area contributed by atoms with Gasteiger partial charge in [0.1, 0.15) is 6.61 Å². The highest BCUT2D eigenvalue weighted by molar-refractivity contribution is 5.84. The molecule has 1 aromatic carbocycles. The molecule has 1 rings (SSSR count). The number of carbonyl (C=O) groups is 2. The van der Waals surface area contributed by atoms with Crippen molar-refractivity contribution >= 4 is 17.7 Å². The molecule has 0 heterocycles. The third kappa shape index (κ3) is 4.69. The summed E-state index contributed by atoms with van der Waals surface area (Å²) in [4.78, 5) is 22.3. The minimum atomic E-state index is -0.546. The second kappa shape index (κ2) is 7.11. The quantitative estimate of drug-likeness (QED) is 0.641. The lowest BCUT2D eigenvalue weighted by Gasteiger charge is -2.06. The summed E-state index contributed by atoms with van der Waals surface area (Å²) in [5.74, 6) is -0.305. The average Bonchev–Trinajstić information content (AvgIpc) is 2.38. The van der Waals surface area contributed by atoms with Crippen molar-refractivity contribution < 1.29 is 19.1 Å². The molecule has 5 heteroatoms. The summed E-state index contributed by atoms with van der Waals surface area (Å²) in [7, 11) is 1.34.